The minimum absolute atomic E-state index is 0.491. The molecule has 1 aromatic carbocycles. The topological polar surface area (TPSA) is 12.0 Å². The fourth-order valence-corrected chi connectivity index (χ4v) is 2.25. The lowest BCUT2D eigenvalue weighted by molar-refractivity contribution is 0.540. The largest absolute Gasteiger partial charge is 0.309 e. The van der Waals surface area contributed by atoms with E-state index in [1.165, 1.54) is 5.56 Å². The standard InChI is InChI=1S/C14H21NS/c1-3-11-16-12-10-15-14(4-2)13-8-6-5-7-9-13/h3,5-9,14-15H,1,4,10-12H2,2H3. The maximum absolute atomic E-state index is 3.72. The van der Waals surface area contributed by atoms with Gasteiger partial charge < -0.3 is 5.32 Å². The molecule has 0 aliphatic rings. The van der Waals surface area contributed by atoms with Crippen molar-refractivity contribution >= 4 is 11.8 Å². The van der Waals surface area contributed by atoms with Crippen LogP contribution < -0.4 is 5.32 Å². The van der Waals surface area contributed by atoms with Gasteiger partial charge in [0.2, 0.25) is 0 Å². The Balaban J connectivity index is 2.30. The van der Waals surface area contributed by atoms with Crippen LogP contribution >= 0.6 is 11.8 Å². The van der Waals surface area contributed by atoms with E-state index in [2.05, 4.69) is 49.2 Å². The smallest absolute Gasteiger partial charge is 0.0317 e. The molecule has 1 aromatic rings. The van der Waals surface area contributed by atoms with E-state index in [0.29, 0.717) is 6.04 Å². The van der Waals surface area contributed by atoms with Crippen LogP contribution in [0.2, 0.25) is 0 Å². The van der Waals surface area contributed by atoms with Crippen LogP contribution in [0.15, 0.2) is 43.0 Å². The number of thioether (sulfide) groups is 1. The van der Waals surface area contributed by atoms with Crippen LogP contribution in [0.1, 0.15) is 24.9 Å². The number of hydrogen-bond acceptors (Lipinski definition) is 2. The van der Waals surface area contributed by atoms with Crippen LogP contribution in [-0.4, -0.2) is 18.1 Å². The van der Waals surface area contributed by atoms with Gasteiger partial charge in [-0.2, -0.15) is 11.8 Å². The first-order chi connectivity index (χ1) is 7.88. The molecule has 1 nitrogen and oxygen atoms in total. The SMILES string of the molecule is C=CCSCCNC(CC)c1ccccc1. The van der Waals surface area contributed by atoms with Crippen LogP contribution in [0.5, 0.6) is 0 Å². The van der Waals surface area contributed by atoms with Gasteiger partial charge in [-0.15, -0.1) is 6.58 Å². The van der Waals surface area contributed by atoms with Crippen LogP contribution in [0, 0.1) is 0 Å². The molecule has 0 spiro atoms. The Morgan fingerprint density at radius 3 is 2.75 bits per heavy atom. The second-order valence-corrected chi connectivity index (χ2v) is 4.84. The van der Waals surface area contributed by atoms with Gasteiger partial charge in [-0.25, -0.2) is 0 Å². The first kappa shape index (κ1) is 13.3. The van der Waals surface area contributed by atoms with Crippen molar-refractivity contribution in [1.82, 2.24) is 5.32 Å². The molecule has 2 heteroatoms. The normalized spacial score (nSPS) is 12.3. The van der Waals surface area contributed by atoms with Gasteiger partial charge in [0.1, 0.15) is 0 Å². The zero-order chi connectivity index (χ0) is 11.6. The first-order valence-corrected chi connectivity index (χ1v) is 7.01. The number of hydrogen-bond donors (Lipinski definition) is 1. The third kappa shape index (κ3) is 4.86. The third-order valence-electron chi connectivity index (χ3n) is 2.48. The summed E-state index contributed by atoms with van der Waals surface area (Å²) in [6.45, 7) is 7.00. The summed E-state index contributed by atoms with van der Waals surface area (Å²) in [5, 5.41) is 3.59. The van der Waals surface area contributed by atoms with Gasteiger partial charge in [0, 0.05) is 24.1 Å². The van der Waals surface area contributed by atoms with Crippen molar-refractivity contribution in [3.05, 3.63) is 48.6 Å². The lowest BCUT2D eigenvalue weighted by atomic mass is 10.1. The van der Waals surface area contributed by atoms with Crippen LogP contribution in [0.3, 0.4) is 0 Å². The molecule has 0 aromatic heterocycles. The molecular formula is C14H21NS. The summed E-state index contributed by atoms with van der Waals surface area (Å²) in [6.07, 6.45) is 3.09. The lowest BCUT2D eigenvalue weighted by Gasteiger charge is -2.17. The summed E-state index contributed by atoms with van der Waals surface area (Å²) in [4.78, 5) is 0. The quantitative estimate of drug-likeness (QED) is 0.545. The van der Waals surface area contributed by atoms with Gasteiger partial charge in [0.05, 0.1) is 0 Å². The van der Waals surface area contributed by atoms with Crippen molar-refractivity contribution in [3.63, 3.8) is 0 Å². The van der Waals surface area contributed by atoms with E-state index in [9.17, 15) is 0 Å². The molecule has 16 heavy (non-hydrogen) atoms. The van der Waals surface area contributed by atoms with Crippen molar-refractivity contribution in [3.8, 4) is 0 Å². The Kier molecular flexibility index (Phi) is 7.02. The highest BCUT2D eigenvalue weighted by molar-refractivity contribution is 7.99. The highest BCUT2D eigenvalue weighted by Gasteiger charge is 2.06. The van der Waals surface area contributed by atoms with E-state index in [1.807, 2.05) is 17.8 Å². The van der Waals surface area contributed by atoms with Gasteiger partial charge in [-0.05, 0) is 12.0 Å². The van der Waals surface area contributed by atoms with Crippen LogP contribution in [-0.2, 0) is 0 Å². The Morgan fingerprint density at radius 2 is 2.12 bits per heavy atom. The maximum atomic E-state index is 3.72. The fourth-order valence-electron chi connectivity index (χ4n) is 1.66. The average molecular weight is 235 g/mol. The molecule has 0 saturated carbocycles. The average Bonchev–Trinajstić information content (AvgIpc) is 2.35. The molecule has 0 saturated heterocycles. The monoisotopic (exact) mass is 235 g/mol. The van der Waals surface area contributed by atoms with E-state index in [1.54, 1.807) is 0 Å². The Labute approximate surface area is 103 Å². The van der Waals surface area contributed by atoms with E-state index < -0.39 is 0 Å². The summed E-state index contributed by atoms with van der Waals surface area (Å²) < 4.78 is 0. The van der Waals surface area contributed by atoms with Crippen molar-refractivity contribution in [2.75, 3.05) is 18.1 Å². The minimum Gasteiger partial charge on any atom is -0.309 e. The second kappa shape index (κ2) is 8.43. The van der Waals surface area contributed by atoms with Crippen molar-refractivity contribution < 1.29 is 0 Å². The molecule has 0 amide bonds. The number of benzene rings is 1. The molecule has 1 rings (SSSR count). The molecule has 0 bridgehead atoms. The van der Waals surface area contributed by atoms with Crippen LogP contribution in [0.25, 0.3) is 0 Å². The van der Waals surface area contributed by atoms with Gasteiger partial charge >= 0.3 is 0 Å². The molecule has 1 unspecified atom stereocenters. The number of nitrogens with one attached hydrogen (secondary N) is 1. The molecule has 0 aliphatic heterocycles. The molecule has 0 fully saturated rings. The predicted octanol–water partition coefficient (Wildman–Crippen LogP) is 3.65. The van der Waals surface area contributed by atoms with E-state index >= 15 is 0 Å². The molecule has 88 valence electrons. The van der Waals surface area contributed by atoms with Crippen molar-refractivity contribution in [2.24, 2.45) is 0 Å². The molecule has 0 radical (unpaired) electrons. The zero-order valence-corrected chi connectivity index (χ0v) is 10.8. The second-order valence-electron chi connectivity index (χ2n) is 3.69. The fraction of sp³-hybridized carbons (Fsp3) is 0.429. The number of rotatable bonds is 8. The van der Waals surface area contributed by atoms with E-state index in [4.69, 9.17) is 0 Å². The highest BCUT2D eigenvalue weighted by atomic mass is 32.2. The summed E-state index contributed by atoms with van der Waals surface area (Å²) in [5.41, 5.74) is 1.39. The zero-order valence-electron chi connectivity index (χ0n) is 9.99. The first-order valence-electron chi connectivity index (χ1n) is 5.85. The summed E-state index contributed by atoms with van der Waals surface area (Å²) >= 11 is 1.92. The van der Waals surface area contributed by atoms with E-state index in [-0.39, 0.29) is 0 Å². The Hall–Kier alpha value is -0.730. The lowest BCUT2D eigenvalue weighted by Crippen LogP contribution is -2.23. The third-order valence-corrected chi connectivity index (χ3v) is 3.45. The van der Waals surface area contributed by atoms with Gasteiger partial charge in [-0.3, -0.25) is 0 Å². The Bertz CT molecular complexity index is 284. The minimum atomic E-state index is 0.491. The summed E-state index contributed by atoms with van der Waals surface area (Å²) in [6, 6.07) is 11.1. The molecule has 0 aliphatic carbocycles. The maximum Gasteiger partial charge on any atom is 0.0317 e. The van der Waals surface area contributed by atoms with Crippen LogP contribution in [0.4, 0.5) is 0 Å². The molecule has 1 N–H and O–H groups in total. The highest BCUT2D eigenvalue weighted by Crippen LogP contribution is 2.15. The molecular weight excluding hydrogens is 214 g/mol. The van der Waals surface area contributed by atoms with Gasteiger partial charge in [-0.1, -0.05) is 43.3 Å². The van der Waals surface area contributed by atoms with Gasteiger partial charge in [0.15, 0.2) is 0 Å². The molecule has 1 atom stereocenters. The Morgan fingerprint density at radius 1 is 1.38 bits per heavy atom. The summed E-state index contributed by atoms with van der Waals surface area (Å²) in [5.74, 6) is 2.19. The van der Waals surface area contributed by atoms with E-state index in [0.717, 1.165) is 24.5 Å². The van der Waals surface area contributed by atoms with Gasteiger partial charge in [0.25, 0.3) is 0 Å². The predicted molar refractivity (Wildman–Crippen MR) is 75.0 cm³/mol. The molecule has 0 heterocycles. The van der Waals surface area contributed by atoms with Crippen molar-refractivity contribution in [1.29, 1.82) is 0 Å². The van der Waals surface area contributed by atoms with Crippen molar-refractivity contribution in [2.45, 2.75) is 19.4 Å². The summed E-state index contributed by atoms with van der Waals surface area (Å²) in [7, 11) is 0.